The molecule has 0 aromatic rings. The van der Waals surface area contributed by atoms with Gasteiger partial charge in [-0.3, -0.25) is 0 Å². The monoisotopic (exact) mass is 817 g/mol. The number of allylic oxidation sites excluding steroid dienone is 2. The molecule has 5 rings (SSSR count). The molecule has 1 saturated heterocycles. The van der Waals surface area contributed by atoms with E-state index in [0.717, 1.165) is 51.4 Å². The van der Waals surface area contributed by atoms with Gasteiger partial charge in [-0.25, -0.2) is 0 Å². The van der Waals surface area contributed by atoms with E-state index in [1.165, 1.54) is 5.57 Å². The van der Waals surface area contributed by atoms with Gasteiger partial charge in [-0.2, -0.15) is 0 Å². The second-order valence-corrected chi connectivity index (χ2v) is 17.3. The van der Waals surface area contributed by atoms with Crippen molar-refractivity contribution in [1.29, 1.82) is 0 Å². The van der Waals surface area contributed by atoms with Gasteiger partial charge in [0.1, 0.15) is 24.4 Å². The summed E-state index contributed by atoms with van der Waals surface area (Å²) in [5, 5.41) is 65.0. The van der Waals surface area contributed by atoms with Crippen molar-refractivity contribution in [2.75, 3.05) is 6.61 Å². The van der Waals surface area contributed by atoms with Crippen molar-refractivity contribution in [3.63, 3.8) is 0 Å². The Kier molecular flexibility index (Phi) is 11.0. The Labute approximate surface area is 285 Å². The maximum atomic E-state index is 12.2. The van der Waals surface area contributed by atoms with Crippen molar-refractivity contribution in [3.8, 4) is 0 Å². The summed E-state index contributed by atoms with van der Waals surface area (Å²) in [7, 11) is 0. The van der Waals surface area contributed by atoms with Crippen LogP contribution < -0.4 is 0 Å². The molecule has 4 saturated carbocycles. The smallest absolute Gasteiger partial charge is 0.394 e. The zero-order valence-corrected chi connectivity index (χ0v) is 31.1. The molecule has 0 spiro atoms. The van der Waals surface area contributed by atoms with Gasteiger partial charge in [-0.1, -0.05) is 46.3 Å². The summed E-state index contributed by atoms with van der Waals surface area (Å²) in [6.07, 6.45) is 2.60. The first-order valence-corrected chi connectivity index (χ1v) is 17.3. The number of hydrogen-bond donors (Lipinski definition) is 6. The SMILES string of the molecule is CC(C)=CCC[C@@](C)(O[C@@H]1O[C@H](CO)[C@@H](O)[C@H](O)[C@H]1O)[C@H]1CC[C@]2(C)[C@@H]1[C@H](O)CC1[C@@]3(C)CC[C@H](O)C(C)(C)[C@@H]3CC[C@]12C.[Pt+4]. The number of rotatable bonds is 7. The van der Waals surface area contributed by atoms with Crippen LogP contribution in [0.1, 0.15) is 113 Å². The van der Waals surface area contributed by atoms with Crippen LogP contribution in [0.2, 0.25) is 0 Å². The van der Waals surface area contributed by atoms with Crippen LogP contribution in [0.5, 0.6) is 0 Å². The van der Waals surface area contributed by atoms with E-state index in [1.54, 1.807) is 0 Å². The third kappa shape index (κ3) is 5.90. The molecule has 1 aliphatic heterocycles. The average Bonchev–Trinajstić information content (AvgIpc) is 3.33. The fraction of sp³-hybridized carbons (Fsp3) is 0.944. The van der Waals surface area contributed by atoms with Crippen LogP contribution in [0.4, 0.5) is 0 Å². The maximum Gasteiger partial charge on any atom is 4.00 e. The Bertz CT molecular complexity index is 1080. The Morgan fingerprint density at radius 1 is 0.867 bits per heavy atom. The molecular formula is C36H62O8Pt+4. The molecule has 260 valence electrons. The van der Waals surface area contributed by atoms with E-state index in [4.69, 9.17) is 9.47 Å². The van der Waals surface area contributed by atoms with E-state index < -0.39 is 49.0 Å². The summed E-state index contributed by atoms with van der Waals surface area (Å²) in [4.78, 5) is 0. The van der Waals surface area contributed by atoms with Crippen molar-refractivity contribution in [2.45, 2.75) is 162 Å². The molecule has 5 aliphatic rings. The Balaban J connectivity index is 0.00000461. The van der Waals surface area contributed by atoms with Crippen LogP contribution in [-0.2, 0) is 30.5 Å². The minimum Gasteiger partial charge on any atom is -0.394 e. The molecule has 0 amide bonds. The molecule has 1 unspecified atom stereocenters. The Morgan fingerprint density at radius 2 is 1.51 bits per heavy atom. The van der Waals surface area contributed by atoms with Gasteiger partial charge in [-0.15, -0.1) is 0 Å². The molecule has 1 heterocycles. The molecule has 5 fully saturated rings. The summed E-state index contributed by atoms with van der Waals surface area (Å²) in [6.45, 7) is 17.5. The topological polar surface area (TPSA) is 140 Å². The minimum absolute atomic E-state index is 0. The van der Waals surface area contributed by atoms with Gasteiger partial charge in [0, 0.05) is 0 Å². The van der Waals surface area contributed by atoms with Crippen LogP contribution in [0.3, 0.4) is 0 Å². The van der Waals surface area contributed by atoms with Gasteiger partial charge in [0.25, 0.3) is 0 Å². The van der Waals surface area contributed by atoms with Gasteiger partial charge in [-0.05, 0) is 124 Å². The fourth-order valence-electron chi connectivity index (χ4n) is 11.8. The minimum atomic E-state index is -1.50. The maximum absolute atomic E-state index is 12.2. The van der Waals surface area contributed by atoms with Crippen molar-refractivity contribution >= 4 is 0 Å². The molecule has 6 N–H and O–H groups in total. The van der Waals surface area contributed by atoms with E-state index in [0.29, 0.717) is 18.3 Å². The first kappa shape index (κ1) is 37.9. The number of hydrogen-bond acceptors (Lipinski definition) is 8. The van der Waals surface area contributed by atoms with Crippen LogP contribution in [0, 0.1) is 45.3 Å². The van der Waals surface area contributed by atoms with E-state index >= 15 is 0 Å². The molecule has 9 heteroatoms. The number of aliphatic hydroxyl groups excluding tert-OH is 6. The van der Waals surface area contributed by atoms with E-state index in [2.05, 4.69) is 61.5 Å². The zero-order chi connectivity index (χ0) is 32.6. The largest absolute Gasteiger partial charge is 4.00 e. The second-order valence-electron chi connectivity index (χ2n) is 17.3. The van der Waals surface area contributed by atoms with Gasteiger partial charge < -0.3 is 40.1 Å². The third-order valence-corrected chi connectivity index (χ3v) is 14.6. The molecule has 0 radical (unpaired) electrons. The summed E-state index contributed by atoms with van der Waals surface area (Å²) in [6, 6.07) is 0. The van der Waals surface area contributed by atoms with Crippen LogP contribution in [0.25, 0.3) is 0 Å². The second kappa shape index (κ2) is 13.1. The number of aliphatic hydroxyl groups is 6. The molecular weight excluding hydrogens is 755 g/mol. The first-order chi connectivity index (χ1) is 20.4. The van der Waals surface area contributed by atoms with Crippen molar-refractivity contribution in [2.24, 2.45) is 45.3 Å². The number of fused-ring (bicyclic) bond motifs is 5. The summed E-state index contributed by atoms with van der Waals surface area (Å²) in [5.74, 6) is 0.713. The van der Waals surface area contributed by atoms with E-state index in [1.807, 2.05) is 0 Å². The summed E-state index contributed by atoms with van der Waals surface area (Å²) >= 11 is 0. The number of ether oxygens (including phenoxy) is 2. The molecule has 0 aromatic heterocycles. The normalized spacial score (nSPS) is 50.3. The van der Waals surface area contributed by atoms with E-state index in [-0.39, 0.29) is 60.7 Å². The zero-order valence-electron chi connectivity index (χ0n) is 28.8. The first-order valence-electron chi connectivity index (χ1n) is 17.3. The predicted molar refractivity (Wildman–Crippen MR) is 168 cm³/mol. The molecule has 8 nitrogen and oxygen atoms in total. The predicted octanol–water partition coefficient (Wildman–Crippen LogP) is 4.32. The fourth-order valence-corrected chi connectivity index (χ4v) is 11.8. The molecule has 15 atom stereocenters. The quantitative estimate of drug-likeness (QED) is 0.209. The Morgan fingerprint density at radius 3 is 2.13 bits per heavy atom. The molecule has 45 heavy (non-hydrogen) atoms. The Hall–Kier alpha value is 0.108. The molecule has 4 aliphatic carbocycles. The summed E-state index contributed by atoms with van der Waals surface area (Å²) < 4.78 is 12.6. The van der Waals surface area contributed by atoms with Gasteiger partial charge in [0.2, 0.25) is 0 Å². The van der Waals surface area contributed by atoms with Crippen LogP contribution >= 0.6 is 0 Å². The van der Waals surface area contributed by atoms with Gasteiger partial charge in [0.15, 0.2) is 6.29 Å². The third-order valence-electron chi connectivity index (χ3n) is 14.6. The standard InChI is InChI=1S/C36H62O8.Pt/c1-20(2)10-9-14-36(8,44-31-30(42)29(41)28(40)23(19-37)43-31)21-11-16-35(7)27(21)22(38)18-25-33(5)15-13-26(39)32(3,4)24(33)12-17-34(25,35)6;/h10,21-31,37-42H,9,11-19H2,1-8H3;/q;+4/t21-,22+,23+,24-,25?,26-,27-,28+,29-,30+,31-,33-,34+,35+,36+;/m0./s1. The van der Waals surface area contributed by atoms with Gasteiger partial charge in [0.05, 0.1) is 24.4 Å². The van der Waals surface area contributed by atoms with Crippen molar-refractivity contribution in [1.82, 2.24) is 0 Å². The molecule has 0 bridgehead atoms. The van der Waals surface area contributed by atoms with Crippen LogP contribution in [0.15, 0.2) is 11.6 Å². The molecule has 0 aromatic carbocycles. The van der Waals surface area contributed by atoms with Crippen LogP contribution in [-0.4, -0.2) is 85.8 Å². The van der Waals surface area contributed by atoms with Gasteiger partial charge >= 0.3 is 21.1 Å². The van der Waals surface area contributed by atoms with Crippen molar-refractivity contribution < 1.29 is 61.2 Å². The summed E-state index contributed by atoms with van der Waals surface area (Å²) in [5.41, 5.74) is 0.171. The van der Waals surface area contributed by atoms with E-state index in [9.17, 15) is 30.6 Å². The average molecular weight is 818 g/mol. The van der Waals surface area contributed by atoms with Crippen molar-refractivity contribution in [3.05, 3.63) is 11.6 Å².